The summed E-state index contributed by atoms with van der Waals surface area (Å²) in [5.74, 6) is 0. The van der Waals surface area contributed by atoms with Gasteiger partial charge in [-0.3, -0.25) is 0 Å². The van der Waals surface area contributed by atoms with Gasteiger partial charge in [-0.1, -0.05) is 13.8 Å². The van der Waals surface area contributed by atoms with E-state index in [1.54, 1.807) is 0 Å². The van der Waals surface area contributed by atoms with Gasteiger partial charge in [0, 0.05) is 12.1 Å². The number of rotatable bonds is 6. The lowest BCUT2D eigenvalue weighted by atomic mass is 10.1. The van der Waals surface area contributed by atoms with Crippen molar-refractivity contribution in [3.05, 3.63) is 0 Å². The Labute approximate surface area is 70.8 Å². The van der Waals surface area contributed by atoms with Crippen LogP contribution in [0.2, 0.25) is 0 Å². The zero-order chi connectivity index (χ0) is 8.69. The standard InChI is InChI=1S/C9H22N2/c1-5-10-8(3)7-9(4)11-6-2/h8-11H,5-7H2,1-4H3/t8-,9-/m0/s1. The Bertz CT molecular complexity index is 73.6. The quantitative estimate of drug-likeness (QED) is 0.610. The number of hydrogen-bond donors (Lipinski definition) is 2. The molecule has 0 aliphatic carbocycles. The molecule has 2 heteroatoms. The van der Waals surface area contributed by atoms with Crippen LogP contribution in [0.25, 0.3) is 0 Å². The van der Waals surface area contributed by atoms with E-state index in [2.05, 4.69) is 38.3 Å². The normalized spacial score (nSPS) is 16.4. The van der Waals surface area contributed by atoms with Gasteiger partial charge in [-0.05, 0) is 33.4 Å². The summed E-state index contributed by atoms with van der Waals surface area (Å²) in [4.78, 5) is 0. The van der Waals surface area contributed by atoms with E-state index in [1.165, 1.54) is 6.42 Å². The smallest absolute Gasteiger partial charge is 0.00533 e. The van der Waals surface area contributed by atoms with Crippen molar-refractivity contribution in [2.45, 2.75) is 46.2 Å². The molecule has 0 aromatic rings. The fraction of sp³-hybridized carbons (Fsp3) is 1.00. The molecule has 2 nitrogen and oxygen atoms in total. The Kier molecular flexibility index (Phi) is 6.57. The van der Waals surface area contributed by atoms with Gasteiger partial charge in [0.05, 0.1) is 0 Å². The Hall–Kier alpha value is -0.0800. The summed E-state index contributed by atoms with van der Waals surface area (Å²) >= 11 is 0. The minimum atomic E-state index is 0.633. The van der Waals surface area contributed by atoms with Gasteiger partial charge in [-0.25, -0.2) is 0 Å². The third kappa shape index (κ3) is 6.32. The second kappa shape index (κ2) is 6.62. The van der Waals surface area contributed by atoms with E-state index in [0.717, 1.165) is 13.1 Å². The molecule has 0 unspecified atom stereocenters. The van der Waals surface area contributed by atoms with Crippen LogP contribution in [-0.2, 0) is 0 Å². The summed E-state index contributed by atoms with van der Waals surface area (Å²) in [6, 6.07) is 1.27. The van der Waals surface area contributed by atoms with E-state index in [1.807, 2.05) is 0 Å². The molecule has 0 saturated heterocycles. The summed E-state index contributed by atoms with van der Waals surface area (Å²) in [6.45, 7) is 10.9. The molecule has 2 atom stereocenters. The third-order valence-electron chi connectivity index (χ3n) is 1.81. The Morgan fingerprint density at radius 2 is 1.27 bits per heavy atom. The highest BCUT2D eigenvalue weighted by Crippen LogP contribution is 1.95. The van der Waals surface area contributed by atoms with Crippen LogP contribution in [0.5, 0.6) is 0 Å². The molecule has 0 aromatic heterocycles. The predicted molar refractivity (Wildman–Crippen MR) is 50.9 cm³/mol. The van der Waals surface area contributed by atoms with Gasteiger partial charge in [-0.2, -0.15) is 0 Å². The fourth-order valence-electron chi connectivity index (χ4n) is 1.39. The van der Waals surface area contributed by atoms with Gasteiger partial charge in [0.15, 0.2) is 0 Å². The van der Waals surface area contributed by atoms with Crippen molar-refractivity contribution in [1.29, 1.82) is 0 Å². The molecule has 0 heterocycles. The molecule has 0 radical (unpaired) electrons. The number of hydrogen-bond acceptors (Lipinski definition) is 2. The summed E-state index contributed by atoms with van der Waals surface area (Å²) in [7, 11) is 0. The van der Waals surface area contributed by atoms with E-state index in [-0.39, 0.29) is 0 Å². The summed E-state index contributed by atoms with van der Waals surface area (Å²) in [6.07, 6.45) is 1.21. The van der Waals surface area contributed by atoms with Gasteiger partial charge in [0.2, 0.25) is 0 Å². The molecule has 0 spiro atoms. The Balaban J connectivity index is 3.32. The maximum atomic E-state index is 3.39. The first-order chi connectivity index (χ1) is 5.20. The largest absolute Gasteiger partial charge is 0.314 e. The average molecular weight is 158 g/mol. The molecule has 0 saturated carbocycles. The molecule has 0 aromatic carbocycles. The van der Waals surface area contributed by atoms with Crippen LogP contribution >= 0.6 is 0 Å². The molecule has 0 rings (SSSR count). The zero-order valence-corrected chi connectivity index (χ0v) is 8.28. The first-order valence-electron chi connectivity index (χ1n) is 4.67. The molecule has 0 aliphatic heterocycles. The first-order valence-corrected chi connectivity index (χ1v) is 4.67. The highest BCUT2D eigenvalue weighted by Gasteiger charge is 2.04. The van der Waals surface area contributed by atoms with Gasteiger partial charge >= 0.3 is 0 Å². The van der Waals surface area contributed by atoms with Crippen molar-refractivity contribution < 1.29 is 0 Å². The summed E-state index contributed by atoms with van der Waals surface area (Å²) < 4.78 is 0. The van der Waals surface area contributed by atoms with Crippen molar-refractivity contribution in [3.8, 4) is 0 Å². The molecular formula is C9H22N2. The lowest BCUT2D eigenvalue weighted by Crippen LogP contribution is -2.35. The van der Waals surface area contributed by atoms with E-state index in [0.29, 0.717) is 12.1 Å². The van der Waals surface area contributed by atoms with Crippen LogP contribution in [-0.4, -0.2) is 25.2 Å². The van der Waals surface area contributed by atoms with Crippen LogP contribution < -0.4 is 10.6 Å². The topological polar surface area (TPSA) is 24.1 Å². The van der Waals surface area contributed by atoms with Crippen molar-refractivity contribution in [2.75, 3.05) is 13.1 Å². The van der Waals surface area contributed by atoms with Crippen molar-refractivity contribution in [2.24, 2.45) is 0 Å². The lowest BCUT2D eigenvalue weighted by Gasteiger charge is -2.18. The van der Waals surface area contributed by atoms with E-state index in [4.69, 9.17) is 0 Å². The monoisotopic (exact) mass is 158 g/mol. The molecule has 0 aliphatic rings. The van der Waals surface area contributed by atoms with Crippen LogP contribution in [0.1, 0.15) is 34.1 Å². The maximum absolute atomic E-state index is 3.39. The molecular weight excluding hydrogens is 136 g/mol. The lowest BCUT2D eigenvalue weighted by molar-refractivity contribution is 0.439. The van der Waals surface area contributed by atoms with Crippen molar-refractivity contribution >= 4 is 0 Å². The van der Waals surface area contributed by atoms with Crippen LogP contribution in [0, 0.1) is 0 Å². The zero-order valence-electron chi connectivity index (χ0n) is 8.28. The maximum Gasteiger partial charge on any atom is 0.00533 e. The second-order valence-corrected chi connectivity index (χ2v) is 3.15. The molecule has 0 bridgehead atoms. The van der Waals surface area contributed by atoms with Gasteiger partial charge < -0.3 is 10.6 Å². The predicted octanol–water partition coefficient (Wildman–Crippen LogP) is 1.37. The summed E-state index contributed by atoms with van der Waals surface area (Å²) in [5.41, 5.74) is 0. The third-order valence-corrected chi connectivity index (χ3v) is 1.81. The van der Waals surface area contributed by atoms with Gasteiger partial charge in [0.25, 0.3) is 0 Å². The minimum Gasteiger partial charge on any atom is -0.314 e. The highest BCUT2D eigenvalue weighted by molar-refractivity contribution is 4.67. The minimum absolute atomic E-state index is 0.633. The Morgan fingerprint density at radius 3 is 1.55 bits per heavy atom. The van der Waals surface area contributed by atoms with Crippen LogP contribution in [0.15, 0.2) is 0 Å². The van der Waals surface area contributed by atoms with Crippen LogP contribution in [0.4, 0.5) is 0 Å². The fourth-order valence-corrected chi connectivity index (χ4v) is 1.39. The Morgan fingerprint density at radius 1 is 0.909 bits per heavy atom. The first kappa shape index (κ1) is 10.9. The average Bonchev–Trinajstić information content (AvgIpc) is 1.87. The number of nitrogens with one attached hydrogen (secondary N) is 2. The van der Waals surface area contributed by atoms with E-state index in [9.17, 15) is 0 Å². The van der Waals surface area contributed by atoms with Crippen molar-refractivity contribution in [1.82, 2.24) is 10.6 Å². The van der Waals surface area contributed by atoms with Crippen LogP contribution in [0.3, 0.4) is 0 Å². The SMILES string of the molecule is CCN[C@@H](C)C[C@H](C)NCC. The van der Waals surface area contributed by atoms with E-state index < -0.39 is 0 Å². The molecule has 0 amide bonds. The van der Waals surface area contributed by atoms with Gasteiger partial charge in [-0.15, -0.1) is 0 Å². The molecule has 0 fully saturated rings. The summed E-state index contributed by atoms with van der Waals surface area (Å²) in [5, 5.41) is 6.79. The van der Waals surface area contributed by atoms with E-state index >= 15 is 0 Å². The highest BCUT2D eigenvalue weighted by atomic mass is 14.9. The molecule has 11 heavy (non-hydrogen) atoms. The molecule has 68 valence electrons. The van der Waals surface area contributed by atoms with Crippen molar-refractivity contribution in [3.63, 3.8) is 0 Å². The molecule has 2 N–H and O–H groups in total. The second-order valence-electron chi connectivity index (χ2n) is 3.15. The van der Waals surface area contributed by atoms with Gasteiger partial charge in [0.1, 0.15) is 0 Å².